The number of nitrogens with zero attached hydrogens (tertiary/aromatic N) is 2. The predicted molar refractivity (Wildman–Crippen MR) is 69.4 cm³/mol. The van der Waals surface area contributed by atoms with Crippen molar-refractivity contribution in [3.05, 3.63) is 23.9 Å². The smallest absolute Gasteiger partial charge is 0.202 e. The normalized spacial score (nSPS) is 10.9. The SMILES string of the molecule is COc1cc2nc(-c3cc(C)no3)[nH]c2cc1OC. The second-order valence-corrected chi connectivity index (χ2v) is 4.14. The molecule has 0 amide bonds. The van der Waals surface area contributed by atoms with E-state index < -0.39 is 0 Å². The van der Waals surface area contributed by atoms with E-state index in [-0.39, 0.29) is 0 Å². The standard InChI is InChI=1S/C13H13N3O3/c1-7-4-12(19-16-7)13-14-8-5-10(17-2)11(18-3)6-9(8)15-13/h4-6H,1-3H3,(H,14,15). The summed E-state index contributed by atoms with van der Waals surface area (Å²) >= 11 is 0. The van der Waals surface area contributed by atoms with Crippen LogP contribution in [0.2, 0.25) is 0 Å². The van der Waals surface area contributed by atoms with Crippen LogP contribution >= 0.6 is 0 Å². The number of benzene rings is 1. The van der Waals surface area contributed by atoms with Gasteiger partial charge in [-0.25, -0.2) is 4.98 Å². The molecule has 0 aliphatic heterocycles. The van der Waals surface area contributed by atoms with Crippen LogP contribution in [0.4, 0.5) is 0 Å². The van der Waals surface area contributed by atoms with Crippen molar-refractivity contribution in [3.8, 4) is 23.1 Å². The van der Waals surface area contributed by atoms with E-state index in [0.717, 1.165) is 16.7 Å². The summed E-state index contributed by atoms with van der Waals surface area (Å²) in [5.41, 5.74) is 2.44. The lowest BCUT2D eigenvalue weighted by atomic mass is 10.3. The maximum Gasteiger partial charge on any atom is 0.202 e. The van der Waals surface area contributed by atoms with E-state index in [9.17, 15) is 0 Å². The van der Waals surface area contributed by atoms with Gasteiger partial charge in [-0.2, -0.15) is 0 Å². The first kappa shape index (κ1) is 11.6. The van der Waals surface area contributed by atoms with Crippen LogP contribution in [0.15, 0.2) is 22.7 Å². The summed E-state index contributed by atoms with van der Waals surface area (Å²) in [6, 6.07) is 5.48. The molecule has 0 bridgehead atoms. The number of aryl methyl sites for hydroxylation is 1. The summed E-state index contributed by atoms with van der Waals surface area (Å²) in [4.78, 5) is 7.63. The molecular weight excluding hydrogens is 246 g/mol. The Labute approximate surface area is 109 Å². The van der Waals surface area contributed by atoms with E-state index in [1.807, 2.05) is 25.1 Å². The van der Waals surface area contributed by atoms with Gasteiger partial charge in [0, 0.05) is 18.2 Å². The minimum atomic E-state index is 0.603. The Morgan fingerprint density at radius 2 is 1.84 bits per heavy atom. The van der Waals surface area contributed by atoms with Crippen molar-refractivity contribution in [2.24, 2.45) is 0 Å². The molecule has 0 fully saturated rings. The molecule has 0 aliphatic rings. The molecule has 6 heteroatoms. The number of H-pyrrole nitrogens is 1. The number of imidazole rings is 1. The number of hydrogen-bond acceptors (Lipinski definition) is 5. The largest absolute Gasteiger partial charge is 0.493 e. The summed E-state index contributed by atoms with van der Waals surface area (Å²) in [5, 5.41) is 3.85. The van der Waals surface area contributed by atoms with Gasteiger partial charge in [-0.3, -0.25) is 0 Å². The second-order valence-electron chi connectivity index (χ2n) is 4.14. The molecule has 6 nitrogen and oxygen atoms in total. The molecule has 0 spiro atoms. The number of hydrogen-bond donors (Lipinski definition) is 1. The first-order chi connectivity index (χ1) is 9.21. The van der Waals surface area contributed by atoms with Crippen LogP contribution in [0.3, 0.4) is 0 Å². The molecule has 2 heterocycles. The van der Waals surface area contributed by atoms with Gasteiger partial charge < -0.3 is 19.0 Å². The summed E-state index contributed by atoms with van der Waals surface area (Å²) in [5.74, 6) is 2.53. The van der Waals surface area contributed by atoms with Crippen molar-refractivity contribution in [1.29, 1.82) is 0 Å². The molecule has 0 unspecified atom stereocenters. The van der Waals surface area contributed by atoms with Crippen molar-refractivity contribution >= 4 is 11.0 Å². The summed E-state index contributed by atoms with van der Waals surface area (Å²) < 4.78 is 15.7. The van der Waals surface area contributed by atoms with Gasteiger partial charge in [0.15, 0.2) is 17.3 Å². The van der Waals surface area contributed by atoms with Gasteiger partial charge in [-0.1, -0.05) is 5.16 Å². The number of rotatable bonds is 3. The van der Waals surface area contributed by atoms with Gasteiger partial charge in [-0.15, -0.1) is 0 Å². The van der Waals surface area contributed by atoms with Crippen LogP contribution in [0.25, 0.3) is 22.6 Å². The second kappa shape index (κ2) is 4.31. The molecule has 3 aromatic rings. The Kier molecular flexibility index (Phi) is 2.63. The number of ether oxygens (including phenoxy) is 2. The van der Waals surface area contributed by atoms with Crippen LogP contribution < -0.4 is 9.47 Å². The molecule has 0 saturated heterocycles. The van der Waals surface area contributed by atoms with Gasteiger partial charge in [0.25, 0.3) is 0 Å². The average molecular weight is 259 g/mol. The first-order valence-corrected chi connectivity index (χ1v) is 5.76. The van der Waals surface area contributed by atoms with Crippen molar-refractivity contribution in [3.63, 3.8) is 0 Å². The zero-order valence-electron chi connectivity index (χ0n) is 10.9. The highest BCUT2D eigenvalue weighted by Gasteiger charge is 2.13. The van der Waals surface area contributed by atoms with E-state index >= 15 is 0 Å². The van der Waals surface area contributed by atoms with Gasteiger partial charge in [0.05, 0.1) is 30.9 Å². The maximum absolute atomic E-state index is 5.25. The summed E-state index contributed by atoms with van der Waals surface area (Å²) in [6.07, 6.45) is 0. The van der Waals surface area contributed by atoms with Crippen molar-refractivity contribution in [1.82, 2.24) is 15.1 Å². The van der Waals surface area contributed by atoms with E-state index in [1.165, 1.54) is 0 Å². The Balaban J connectivity index is 2.15. The number of aromatic nitrogens is 3. The van der Waals surface area contributed by atoms with Crippen LogP contribution in [0.1, 0.15) is 5.69 Å². The fraction of sp³-hybridized carbons (Fsp3) is 0.231. The number of methoxy groups -OCH3 is 2. The zero-order valence-corrected chi connectivity index (χ0v) is 10.9. The summed E-state index contributed by atoms with van der Waals surface area (Å²) in [6.45, 7) is 1.86. The maximum atomic E-state index is 5.25. The molecule has 0 atom stereocenters. The van der Waals surface area contributed by atoms with Gasteiger partial charge in [0.2, 0.25) is 5.76 Å². The molecule has 0 radical (unpaired) electrons. The number of fused-ring (bicyclic) bond motifs is 1. The predicted octanol–water partition coefficient (Wildman–Crippen LogP) is 2.54. The molecule has 19 heavy (non-hydrogen) atoms. The monoisotopic (exact) mass is 259 g/mol. The minimum absolute atomic E-state index is 0.603. The quantitative estimate of drug-likeness (QED) is 0.782. The van der Waals surface area contributed by atoms with Crippen LogP contribution in [-0.2, 0) is 0 Å². The van der Waals surface area contributed by atoms with E-state index in [2.05, 4.69) is 15.1 Å². The lowest BCUT2D eigenvalue weighted by Crippen LogP contribution is -1.89. The van der Waals surface area contributed by atoms with Crippen LogP contribution in [-0.4, -0.2) is 29.3 Å². The molecule has 0 saturated carbocycles. The third-order valence-electron chi connectivity index (χ3n) is 2.85. The molecule has 1 aromatic carbocycles. The van der Waals surface area contributed by atoms with Crippen LogP contribution in [0, 0.1) is 6.92 Å². The molecular formula is C13H13N3O3. The lowest BCUT2D eigenvalue weighted by molar-refractivity contribution is 0.356. The van der Waals surface area contributed by atoms with Gasteiger partial charge in [0.1, 0.15) is 0 Å². The molecule has 3 rings (SSSR count). The Hall–Kier alpha value is -2.50. The van der Waals surface area contributed by atoms with E-state index in [0.29, 0.717) is 23.1 Å². The highest BCUT2D eigenvalue weighted by atomic mass is 16.5. The molecule has 0 aliphatic carbocycles. The number of aromatic amines is 1. The average Bonchev–Trinajstić information content (AvgIpc) is 3.02. The molecule has 98 valence electrons. The van der Waals surface area contributed by atoms with Crippen LogP contribution in [0.5, 0.6) is 11.5 Å². The third-order valence-corrected chi connectivity index (χ3v) is 2.85. The summed E-state index contributed by atoms with van der Waals surface area (Å²) in [7, 11) is 3.19. The highest BCUT2D eigenvalue weighted by Crippen LogP contribution is 2.32. The molecule has 1 N–H and O–H groups in total. The Morgan fingerprint density at radius 1 is 1.11 bits per heavy atom. The Bertz CT molecular complexity index is 689. The first-order valence-electron chi connectivity index (χ1n) is 5.76. The lowest BCUT2D eigenvalue weighted by Gasteiger charge is -2.06. The van der Waals surface area contributed by atoms with Crippen molar-refractivity contribution < 1.29 is 14.0 Å². The van der Waals surface area contributed by atoms with Gasteiger partial charge >= 0.3 is 0 Å². The number of nitrogens with one attached hydrogen (secondary N) is 1. The van der Waals surface area contributed by atoms with E-state index in [1.54, 1.807) is 14.2 Å². The molecule has 2 aromatic heterocycles. The zero-order chi connectivity index (χ0) is 13.4. The van der Waals surface area contributed by atoms with Crippen molar-refractivity contribution in [2.45, 2.75) is 6.92 Å². The van der Waals surface area contributed by atoms with E-state index in [4.69, 9.17) is 14.0 Å². The van der Waals surface area contributed by atoms with Crippen molar-refractivity contribution in [2.75, 3.05) is 14.2 Å². The Morgan fingerprint density at radius 3 is 2.47 bits per heavy atom. The third kappa shape index (κ3) is 1.91. The fourth-order valence-corrected chi connectivity index (χ4v) is 1.93. The fourth-order valence-electron chi connectivity index (χ4n) is 1.93. The van der Waals surface area contributed by atoms with Gasteiger partial charge in [-0.05, 0) is 6.92 Å². The minimum Gasteiger partial charge on any atom is -0.493 e. The highest BCUT2D eigenvalue weighted by molar-refractivity contribution is 5.82. The topological polar surface area (TPSA) is 73.2 Å².